The lowest BCUT2D eigenvalue weighted by Crippen LogP contribution is -2.06. The van der Waals surface area contributed by atoms with Gasteiger partial charge in [-0.3, -0.25) is 9.59 Å². The molecular weight excluding hydrogens is 384 g/mol. The predicted octanol–water partition coefficient (Wildman–Crippen LogP) is 8.84. The van der Waals surface area contributed by atoms with Crippen LogP contribution in [0.4, 0.5) is 0 Å². The number of carbonyl (C=O) groups is 2. The number of carbonyl (C=O) groups excluding carboxylic acids is 2. The number of allylic oxidation sites excluding steroid dienone is 2. The highest BCUT2D eigenvalue weighted by Crippen LogP contribution is 2.22. The van der Waals surface area contributed by atoms with Gasteiger partial charge in [0.25, 0.3) is 0 Å². The van der Waals surface area contributed by atoms with Crippen LogP contribution in [0.1, 0.15) is 148 Å². The van der Waals surface area contributed by atoms with Crippen LogP contribution >= 0.6 is 0 Å². The maximum Gasteiger partial charge on any atom is 0.317 e. The van der Waals surface area contributed by atoms with Crippen molar-refractivity contribution in [2.24, 2.45) is 5.92 Å². The van der Waals surface area contributed by atoms with Crippen molar-refractivity contribution in [2.75, 3.05) is 0 Å². The summed E-state index contributed by atoms with van der Waals surface area (Å²) < 4.78 is 4.59. The first kappa shape index (κ1) is 27.9. The topological polar surface area (TPSA) is 43.4 Å². The van der Waals surface area contributed by atoms with E-state index in [1.807, 2.05) is 0 Å². The fourth-order valence-corrected chi connectivity index (χ4v) is 4.44. The smallest absolute Gasteiger partial charge is 0.317 e. The zero-order valence-corrected chi connectivity index (χ0v) is 20.5. The van der Waals surface area contributed by atoms with Gasteiger partial charge >= 0.3 is 11.9 Å². The quantitative estimate of drug-likeness (QED) is 0.0739. The summed E-state index contributed by atoms with van der Waals surface area (Å²) in [5.74, 6) is -0.811. The van der Waals surface area contributed by atoms with Gasteiger partial charge in [-0.05, 0) is 32.1 Å². The third-order valence-electron chi connectivity index (χ3n) is 6.53. The van der Waals surface area contributed by atoms with Crippen molar-refractivity contribution in [3.63, 3.8) is 0 Å². The van der Waals surface area contributed by atoms with E-state index in [2.05, 4.69) is 23.8 Å². The number of rotatable bonds is 22. The SMILES string of the molecule is CCCCCCCCCCCCC/C=C/CCCCCCCCCC1CC(=O)OC1=O. The van der Waals surface area contributed by atoms with E-state index in [1.165, 1.54) is 116 Å². The molecule has 0 radical (unpaired) electrons. The fourth-order valence-electron chi connectivity index (χ4n) is 4.44. The number of cyclic esters (lactones) is 2. The van der Waals surface area contributed by atoms with Gasteiger partial charge in [-0.2, -0.15) is 0 Å². The Labute approximate surface area is 192 Å². The largest absolute Gasteiger partial charge is 0.393 e. The molecule has 0 aliphatic carbocycles. The molecule has 0 N–H and O–H groups in total. The van der Waals surface area contributed by atoms with Gasteiger partial charge in [-0.25, -0.2) is 0 Å². The van der Waals surface area contributed by atoms with Gasteiger partial charge in [0.2, 0.25) is 0 Å². The zero-order chi connectivity index (χ0) is 22.4. The molecule has 1 aliphatic heterocycles. The molecule has 31 heavy (non-hydrogen) atoms. The first-order valence-electron chi connectivity index (χ1n) is 13.6. The van der Waals surface area contributed by atoms with Gasteiger partial charge in [0.15, 0.2) is 0 Å². The minimum Gasteiger partial charge on any atom is -0.393 e. The molecule has 0 aromatic carbocycles. The van der Waals surface area contributed by atoms with E-state index in [0.717, 1.165) is 19.3 Å². The first-order valence-corrected chi connectivity index (χ1v) is 13.6. The van der Waals surface area contributed by atoms with Crippen LogP contribution in [0.15, 0.2) is 12.2 Å². The van der Waals surface area contributed by atoms with E-state index in [0.29, 0.717) is 6.42 Å². The Bertz CT molecular complexity index is 469. The molecule has 1 rings (SSSR count). The van der Waals surface area contributed by atoms with Crippen LogP contribution in [0.5, 0.6) is 0 Å². The second-order valence-corrected chi connectivity index (χ2v) is 9.54. The summed E-state index contributed by atoms with van der Waals surface area (Å²) in [6.45, 7) is 2.28. The van der Waals surface area contributed by atoms with Crippen LogP contribution in [0.25, 0.3) is 0 Å². The highest BCUT2D eigenvalue weighted by atomic mass is 16.6. The van der Waals surface area contributed by atoms with Gasteiger partial charge in [-0.1, -0.05) is 122 Å². The van der Waals surface area contributed by atoms with E-state index in [1.54, 1.807) is 0 Å². The predicted molar refractivity (Wildman–Crippen MR) is 131 cm³/mol. The second kappa shape index (κ2) is 20.8. The van der Waals surface area contributed by atoms with Gasteiger partial charge in [0.1, 0.15) is 0 Å². The Hall–Kier alpha value is -1.12. The van der Waals surface area contributed by atoms with Crippen LogP contribution in [0.3, 0.4) is 0 Å². The fraction of sp³-hybridized carbons (Fsp3) is 0.857. The molecule has 1 unspecified atom stereocenters. The van der Waals surface area contributed by atoms with Crippen molar-refractivity contribution in [2.45, 2.75) is 148 Å². The number of esters is 2. The van der Waals surface area contributed by atoms with Crippen LogP contribution in [-0.2, 0) is 14.3 Å². The Kier molecular flexibility index (Phi) is 18.7. The van der Waals surface area contributed by atoms with Crippen LogP contribution in [-0.4, -0.2) is 11.9 Å². The standard InChI is InChI=1S/C28H50O3/c1-2-3-4-5-6-7-8-9-10-11-12-13-14-15-16-17-18-19-20-21-22-23-24-26-25-27(29)31-28(26)30/h14-15,26H,2-13,16-25H2,1H3/b15-14+. The monoisotopic (exact) mass is 434 g/mol. The summed E-state index contributed by atoms with van der Waals surface area (Å²) >= 11 is 0. The maximum absolute atomic E-state index is 11.4. The molecule has 1 heterocycles. The van der Waals surface area contributed by atoms with Crippen LogP contribution < -0.4 is 0 Å². The van der Waals surface area contributed by atoms with Gasteiger partial charge in [0.05, 0.1) is 12.3 Å². The molecule has 1 atom stereocenters. The summed E-state index contributed by atoms with van der Waals surface area (Å²) in [4.78, 5) is 22.4. The summed E-state index contributed by atoms with van der Waals surface area (Å²) in [5, 5.41) is 0. The number of ether oxygens (including phenoxy) is 1. The Morgan fingerprint density at radius 1 is 0.645 bits per heavy atom. The summed E-state index contributed by atoms with van der Waals surface area (Å²) in [7, 11) is 0. The molecule has 1 saturated heterocycles. The van der Waals surface area contributed by atoms with Crippen molar-refractivity contribution in [1.29, 1.82) is 0 Å². The third kappa shape index (κ3) is 17.2. The average molecular weight is 435 g/mol. The minimum absolute atomic E-state index is 0.163. The molecule has 1 aliphatic rings. The lowest BCUT2D eigenvalue weighted by Gasteiger charge is -2.04. The van der Waals surface area contributed by atoms with Crippen molar-refractivity contribution in [1.82, 2.24) is 0 Å². The molecule has 0 aromatic heterocycles. The summed E-state index contributed by atoms with van der Waals surface area (Å²) in [5.41, 5.74) is 0. The molecule has 3 nitrogen and oxygen atoms in total. The molecule has 0 aromatic rings. The van der Waals surface area contributed by atoms with E-state index in [4.69, 9.17) is 0 Å². The van der Waals surface area contributed by atoms with E-state index in [-0.39, 0.29) is 17.9 Å². The van der Waals surface area contributed by atoms with Gasteiger partial charge in [-0.15, -0.1) is 0 Å². The molecular formula is C28H50O3. The molecule has 180 valence electrons. The van der Waals surface area contributed by atoms with Crippen molar-refractivity contribution in [3.05, 3.63) is 12.2 Å². The zero-order valence-electron chi connectivity index (χ0n) is 20.5. The van der Waals surface area contributed by atoms with Crippen molar-refractivity contribution >= 4 is 11.9 Å². The molecule has 0 amide bonds. The molecule has 1 fully saturated rings. The van der Waals surface area contributed by atoms with Crippen molar-refractivity contribution in [3.8, 4) is 0 Å². The maximum atomic E-state index is 11.4. The van der Waals surface area contributed by atoms with E-state index < -0.39 is 0 Å². The molecule has 0 saturated carbocycles. The third-order valence-corrected chi connectivity index (χ3v) is 6.53. The number of hydrogen-bond donors (Lipinski definition) is 0. The van der Waals surface area contributed by atoms with Crippen molar-refractivity contribution < 1.29 is 14.3 Å². The molecule has 3 heteroatoms. The van der Waals surface area contributed by atoms with E-state index >= 15 is 0 Å². The minimum atomic E-state index is -0.345. The normalized spacial score (nSPS) is 16.5. The second-order valence-electron chi connectivity index (χ2n) is 9.54. The van der Waals surface area contributed by atoms with Crippen LogP contribution in [0, 0.1) is 5.92 Å². The van der Waals surface area contributed by atoms with Gasteiger partial charge in [0, 0.05) is 0 Å². The van der Waals surface area contributed by atoms with Crippen LogP contribution in [0.2, 0.25) is 0 Å². The highest BCUT2D eigenvalue weighted by Gasteiger charge is 2.32. The lowest BCUT2D eigenvalue weighted by atomic mass is 9.99. The summed E-state index contributed by atoms with van der Waals surface area (Å²) in [6.07, 6.45) is 32.7. The number of hydrogen-bond acceptors (Lipinski definition) is 3. The van der Waals surface area contributed by atoms with E-state index in [9.17, 15) is 9.59 Å². The Morgan fingerprint density at radius 3 is 1.48 bits per heavy atom. The molecule has 0 bridgehead atoms. The lowest BCUT2D eigenvalue weighted by molar-refractivity contribution is -0.153. The Morgan fingerprint density at radius 2 is 1.06 bits per heavy atom. The summed E-state index contributed by atoms with van der Waals surface area (Å²) in [6, 6.07) is 0. The number of unbranched alkanes of at least 4 members (excludes halogenated alkanes) is 18. The van der Waals surface area contributed by atoms with Gasteiger partial charge < -0.3 is 4.74 Å². The highest BCUT2D eigenvalue weighted by molar-refractivity contribution is 5.94. The first-order chi connectivity index (χ1) is 15.2. The average Bonchev–Trinajstić information content (AvgIpc) is 3.08. The Balaban J connectivity index is 1.71. The molecule has 0 spiro atoms.